The smallest absolute Gasteiger partial charge is 0.0741 e. The molecule has 64 valence electrons. The SMILES string of the molecule is CC1CCCCC=C[Si]1(C)C. The summed E-state index contributed by atoms with van der Waals surface area (Å²) in [6.07, 6.45) is 8.06. The average molecular weight is 168 g/mol. The van der Waals surface area contributed by atoms with Crippen LogP contribution < -0.4 is 0 Å². The average Bonchev–Trinajstić information content (AvgIpc) is 1.93. The summed E-state index contributed by atoms with van der Waals surface area (Å²) in [5.74, 6) is 0. The van der Waals surface area contributed by atoms with Crippen LogP contribution in [0.3, 0.4) is 0 Å². The number of allylic oxidation sites excluding steroid dienone is 1. The Balaban J connectivity index is 2.64. The Labute approximate surface area is 71.7 Å². The zero-order valence-electron chi connectivity index (χ0n) is 8.06. The predicted octanol–water partition coefficient (Wildman–Crippen LogP) is 3.75. The topological polar surface area (TPSA) is 0 Å². The van der Waals surface area contributed by atoms with E-state index in [-0.39, 0.29) is 0 Å². The summed E-state index contributed by atoms with van der Waals surface area (Å²) in [4.78, 5) is 0. The molecule has 0 aliphatic carbocycles. The molecule has 1 heterocycles. The molecule has 1 atom stereocenters. The van der Waals surface area contributed by atoms with Crippen LogP contribution in [0.2, 0.25) is 18.6 Å². The molecule has 0 bridgehead atoms. The van der Waals surface area contributed by atoms with Gasteiger partial charge < -0.3 is 0 Å². The fourth-order valence-electron chi connectivity index (χ4n) is 1.64. The van der Waals surface area contributed by atoms with Gasteiger partial charge in [-0.3, -0.25) is 0 Å². The van der Waals surface area contributed by atoms with Gasteiger partial charge in [-0.15, -0.1) is 0 Å². The van der Waals surface area contributed by atoms with Gasteiger partial charge in [-0.1, -0.05) is 44.6 Å². The van der Waals surface area contributed by atoms with E-state index in [1.807, 2.05) is 0 Å². The maximum atomic E-state index is 2.54. The predicted molar refractivity (Wildman–Crippen MR) is 54.5 cm³/mol. The van der Waals surface area contributed by atoms with Crippen molar-refractivity contribution in [2.24, 2.45) is 0 Å². The molecule has 1 heteroatoms. The maximum Gasteiger partial charge on any atom is 0.0741 e. The van der Waals surface area contributed by atoms with Gasteiger partial charge in [-0.2, -0.15) is 0 Å². The molecular weight excluding hydrogens is 148 g/mol. The van der Waals surface area contributed by atoms with Gasteiger partial charge in [0.2, 0.25) is 0 Å². The highest BCUT2D eigenvalue weighted by atomic mass is 28.3. The summed E-state index contributed by atoms with van der Waals surface area (Å²) < 4.78 is 0. The zero-order valence-corrected chi connectivity index (χ0v) is 9.06. The molecule has 1 rings (SSSR count). The molecular formula is C10H20Si. The van der Waals surface area contributed by atoms with E-state index in [0.717, 1.165) is 5.54 Å². The molecule has 0 aromatic rings. The van der Waals surface area contributed by atoms with Crippen LogP contribution in [0.4, 0.5) is 0 Å². The van der Waals surface area contributed by atoms with Crippen LogP contribution in [0.15, 0.2) is 11.8 Å². The van der Waals surface area contributed by atoms with Crippen molar-refractivity contribution in [3.05, 3.63) is 11.8 Å². The number of hydrogen-bond donors (Lipinski definition) is 0. The van der Waals surface area contributed by atoms with Gasteiger partial charge in [0, 0.05) is 0 Å². The first-order chi connectivity index (χ1) is 5.13. The molecule has 0 spiro atoms. The molecule has 0 fully saturated rings. The van der Waals surface area contributed by atoms with E-state index >= 15 is 0 Å². The van der Waals surface area contributed by atoms with Crippen molar-refractivity contribution >= 4 is 8.07 Å². The van der Waals surface area contributed by atoms with Crippen molar-refractivity contribution in [1.29, 1.82) is 0 Å². The molecule has 0 saturated heterocycles. The standard InChI is InChI=1S/C10H20Si/c1-10-8-6-4-5-7-9-11(10,2)3/h7,9-10H,4-6,8H2,1-3H3. The lowest BCUT2D eigenvalue weighted by Crippen LogP contribution is -2.29. The third kappa shape index (κ3) is 2.48. The molecule has 0 saturated carbocycles. The Hall–Kier alpha value is -0.0431. The molecule has 0 nitrogen and oxygen atoms in total. The summed E-state index contributed by atoms with van der Waals surface area (Å²) in [5, 5.41) is 0. The first-order valence-electron chi connectivity index (χ1n) is 4.80. The largest absolute Gasteiger partial charge is 0.0984 e. The second-order valence-electron chi connectivity index (χ2n) is 4.41. The highest BCUT2D eigenvalue weighted by molar-refractivity contribution is 6.83. The van der Waals surface area contributed by atoms with Crippen LogP contribution in [0.5, 0.6) is 0 Å². The van der Waals surface area contributed by atoms with Crippen molar-refractivity contribution in [2.75, 3.05) is 0 Å². The minimum absolute atomic E-state index is 0.957. The first-order valence-corrected chi connectivity index (χ1v) is 7.96. The molecule has 0 amide bonds. The Kier molecular flexibility index (Phi) is 2.94. The van der Waals surface area contributed by atoms with Crippen molar-refractivity contribution in [1.82, 2.24) is 0 Å². The van der Waals surface area contributed by atoms with E-state index in [0.29, 0.717) is 0 Å². The second kappa shape index (κ2) is 3.57. The monoisotopic (exact) mass is 168 g/mol. The lowest BCUT2D eigenvalue weighted by atomic mass is 10.1. The molecule has 0 N–H and O–H groups in total. The fraction of sp³-hybridized carbons (Fsp3) is 0.800. The van der Waals surface area contributed by atoms with Gasteiger partial charge in [0.15, 0.2) is 0 Å². The maximum absolute atomic E-state index is 2.54. The molecule has 11 heavy (non-hydrogen) atoms. The Bertz CT molecular complexity index is 147. The van der Waals surface area contributed by atoms with E-state index < -0.39 is 8.07 Å². The lowest BCUT2D eigenvalue weighted by molar-refractivity contribution is 0.657. The summed E-state index contributed by atoms with van der Waals surface area (Å²) in [7, 11) is -0.957. The summed E-state index contributed by atoms with van der Waals surface area (Å²) in [6.45, 7) is 7.40. The van der Waals surface area contributed by atoms with Crippen molar-refractivity contribution in [3.8, 4) is 0 Å². The Morgan fingerprint density at radius 3 is 2.73 bits per heavy atom. The summed E-state index contributed by atoms with van der Waals surface area (Å²) in [6, 6.07) is 0. The highest BCUT2D eigenvalue weighted by Crippen LogP contribution is 2.29. The van der Waals surface area contributed by atoms with E-state index in [4.69, 9.17) is 0 Å². The molecule has 0 radical (unpaired) electrons. The van der Waals surface area contributed by atoms with Gasteiger partial charge in [0.05, 0.1) is 8.07 Å². The van der Waals surface area contributed by atoms with Gasteiger partial charge in [-0.25, -0.2) is 0 Å². The molecule has 0 aromatic carbocycles. The van der Waals surface area contributed by atoms with Gasteiger partial charge in [0.1, 0.15) is 0 Å². The van der Waals surface area contributed by atoms with Gasteiger partial charge in [0.25, 0.3) is 0 Å². The molecule has 1 aliphatic rings. The second-order valence-corrected chi connectivity index (χ2v) is 9.37. The van der Waals surface area contributed by atoms with Gasteiger partial charge >= 0.3 is 0 Å². The van der Waals surface area contributed by atoms with Crippen LogP contribution in [-0.4, -0.2) is 8.07 Å². The van der Waals surface area contributed by atoms with E-state index in [1.165, 1.54) is 25.7 Å². The van der Waals surface area contributed by atoms with Crippen molar-refractivity contribution in [3.63, 3.8) is 0 Å². The van der Waals surface area contributed by atoms with Crippen molar-refractivity contribution < 1.29 is 0 Å². The lowest BCUT2D eigenvalue weighted by Gasteiger charge is -2.27. The fourth-order valence-corrected chi connectivity index (χ4v) is 3.69. The van der Waals surface area contributed by atoms with Crippen LogP contribution in [0.25, 0.3) is 0 Å². The van der Waals surface area contributed by atoms with Crippen LogP contribution in [0, 0.1) is 0 Å². The van der Waals surface area contributed by atoms with Gasteiger partial charge in [-0.05, 0) is 18.4 Å². The van der Waals surface area contributed by atoms with Crippen LogP contribution >= 0.6 is 0 Å². The molecule has 1 unspecified atom stereocenters. The minimum Gasteiger partial charge on any atom is -0.0984 e. The third-order valence-electron chi connectivity index (χ3n) is 3.08. The van der Waals surface area contributed by atoms with Crippen LogP contribution in [0.1, 0.15) is 32.6 Å². The molecule has 1 aliphatic heterocycles. The Morgan fingerprint density at radius 1 is 1.27 bits per heavy atom. The number of rotatable bonds is 0. The number of hydrogen-bond acceptors (Lipinski definition) is 0. The normalized spacial score (nSPS) is 31.0. The zero-order chi connectivity index (χ0) is 8.32. The minimum atomic E-state index is -0.957. The van der Waals surface area contributed by atoms with Crippen molar-refractivity contribution in [2.45, 2.75) is 51.2 Å². The summed E-state index contributed by atoms with van der Waals surface area (Å²) >= 11 is 0. The summed E-state index contributed by atoms with van der Waals surface area (Å²) in [5.41, 5.74) is 3.52. The highest BCUT2D eigenvalue weighted by Gasteiger charge is 2.25. The quantitative estimate of drug-likeness (QED) is 0.483. The third-order valence-corrected chi connectivity index (χ3v) is 7.00. The van der Waals surface area contributed by atoms with E-state index in [1.54, 1.807) is 0 Å². The van der Waals surface area contributed by atoms with E-state index in [2.05, 4.69) is 31.8 Å². The first kappa shape index (κ1) is 9.05. The molecule has 0 aromatic heterocycles. The Morgan fingerprint density at radius 2 is 2.00 bits per heavy atom. The van der Waals surface area contributed by atoms with E-state index in [9.17, 15) is 0 Å². The van der Waals surface area contributed by atoms with Crippen LogP contribution in [-0.2, 0) is 0 Å².